The molecule has 1 atom stereocenters. The number of nitrogens with one attached hydrogen (secondary N) is 2. The lowest BCUT2D eigenvalue weighted by atomic mass is 9.97. The molecule has 1 unspecified atom stereocenters. The number of piperidine rings is 1. The van der Waals surface area contributed by atoms with Crippen molar-refractivity contribution in [1.29, 1.82) is 0 Å². The Hall–Kier alpha value is -0.120. The molecule has 2 rings (SSSR count). The summed E-state index contributed by atoms with van der Waals surface area (Å²) in [7, 11) is 1.84. The Labute approximate surface area is 176 Å². The van der Waals surface area contributed by atoms with E-state index in [-0.39, 0.29) is 24.0 Å². The van der Waals surface area contributed by atoms with Crippen LogP contribution < -0.4 is 10.6 Å². The van der Waals surface area contributed by atoms with Gasteiger partial charge in [-0.25, -0.2) is 0 Å². The van der Waals surface area contributed by atoms with Crippen molar-refractivity contribution < 1.29 is 9.47 Å². The van der Waals surface area contributed by atoms with Gasteiger partial charge < -0.3 is 25.0 Å². The number of nitrogens with zero attached hydrogens (tertiary/aromatic N) is 2. The minimum absolute atomic E-state index is 0. The molecule has 154 valence electrons. The molecule has 0 radical (unpaired) electrons. The summed E-state index contributed by atoms with van der Waals surface area (Å²) < 4.78 is 11.1. The van der Waals surface area contributed by atoms with Gasteiger partial charge in [-0.3, -0.25) is 4.99 Å². The predicted molar refractivity (Wildman–Crippen MR) is 119 cm³/mol. The van der Waals surface area contributed by atoms with Gasteiger partial charge in [0.05, 0.1) is 13.2 Å². The Morgan fingerprint density at radius 3 is 2.65 bits per heavy atom. The lowest BCUT2D eigenvalue weighted by Gasteiger charge is -2.32. The fourth-order valence-electron chi connectivity index (χ4n) is 3.54. The zero-order valence-corrected chi connectivity index (χ0v) is 19.0. The molecule has 2 saturated heterocycles. The first-order valence-electron chi connectivity index (χ1n) is 10.1. The number of halogens is 1. The third-order valence-electron chi connectivity index (χ3n) is 5.16. The van der Waals surface area contributed by atoms with Crippen LogP contribution in [-0.4, -0.2) is 77.1 Å². The third-order valence-corrected chi connectivity index (χ3v) is 5.16. The number of hydrogen-bond acceptors (Lipinski definition) is 4. The van der Waals surface area contributed by atoms with Gasteiger partial charge in [0.25, 0.3) is 0 Å². The van der Waals surface area contributed by atoms with E-state index in [1.807, 2.05) is 7.05 Å². The van der Waals surface area contributed by atoms with Crippen molar-refractivity contribution in [2.24, 2.45) is 16.8 Å². The fourth-order valence-corrected chi connectivity index (χ4v) is 3.54. The number of aliphatic imine (C=N–C) groups is 1. The molecule has 6 nitrogen and oxygen atoms in total. The Morgan fingerprint density at radius 2 is 2.00 bits per heavy atom. The average molecular weight is 482 g/mol. The van der Waals surface area contributed by atoms with Crippen LogP contribution in [0.5, 0.6) is 0 Å². The summed E-state index contributed by atoms with van der Waals surface area (Å²) in [5.41, 5.74) is 0. The second-order valence-corrected chi connectivity index (χ2v) is 7.32. The molecule has 0 aromatic heterocycles. The molecule has 0 spiro atoms. The summed E-state index contributed by atoms with van der Waals surface area (Å²) >= 11 is 0. The van der Waals surface area contributed by atoms with Crippen molar-refractivity contribution in [3.63, 3.8) is 0 Å². The maximum Gasteiger partial charge on any atom is 0.190 e. The highest BCUT2D eigenvalue weighted by Crippen LogP contribution is 2.16. The Balaban J connectivity index is 0.00000338. The number of ether oxygens (including phenoxy) is 2. The van der Waals surface area contributed by atoms with Crippen LogP contribution in [0.25, 0.3) is 0 Å². The van der Waals surface area contributed by atoms with Gasteiger partial charge in [0.2, 0.25) is 0 Å². The summed E-state index contributed by atoms with van der Waals surface area (Å²) in [6.45, 7) is 11.3. The lowest BCUT2D eigenvalue weighted by molar-refractivity contribution is 0.0888. The van der Waals surface area contributed by atoms with Gasteiger partial charge in [0.15, 0.2) is 5.96 Å². The summed E-state index contributed by atoms with van der Waals surface area (Å²) in [4.78, 5) is 6.91. The Kier molecular flexibility index (Phi) is 13.7. The molecule has 2 aliphatic rings. The van der Waals surface area contributed by atoms with Gasteiger partial charge in [-0.05, 0) is 57.7 Å². The molecule has 2 aliphatic heterocycles. The summed E-state index contributed by atoms with van der Waals surface area (Å²) in [6.07, 6.45) is 6.00. The smallest absolute Gasteiger partial charge is 0.190 e. The van der Waals surface area contributed by atoms with Crippen molar-refractivity contribution >= 4 is 29.9 Å². The second kappa shape index (κ2) is 14.9. The average Bonchev–Trinajstić information content (AvgIpc) is 3.15. The summed E-state index contributed by atoms with van der Waals surface area (Å²) in [6, 6.07) is 0. The molecule has 0 amide bonds. The summed E-state index contributed by atoms with van der Waals surface area (Å²) in [5, 5.41) is 6.87. The SMILES string of the molecule is CCCN1CCC(CNC(=NC)NCCCOCC2CCOC2)CC1.I. The zero-order chi connectivity index (χ0) is 17.7. The van der Waals surface area contributed by atoms with Crippen LogP contribution in [0, 0.1) is 11.8 Å². The van der Waals surface area contributed by atoms with Crippen molar-refractivity contribution in [2.45, 2.75) is 39.0 Å². The minimum atomic E-state index is 0. The molecule has 2 fully saturated rings. The molecular weight excluding hydrogens is 443 g/mol. The number of likely N-dealkylation sites (tertiary alicyclic amines) is 1. The van der Waals surface area contributed by atoms with E-state index in [0.717, 1.165) is 64.2 Å². The van der Waals surface area contributed by atoms with Crippen LogP contribution in [0.2, 0.25) is 0 Å². The fraction of sp³-hybridized carbons (Fsp3) is 0.947. The first kappa shape index (κ1) is 23.9. The normalized spacial score (nSPS) is 22.2. The van der Waals surface area contributed by atoms with Crippen LogP contribution in [0.1, 0.15) is 39.0 Å². The van der Waals surface area contributed by atoms with Gasteiger partial charge in [-0.2, -0.15) is 0 Å². The monoisotopic (exact) mass is 482 g/mol. The molecule has 0 aliphatic carbocycles. The molecule has 7 heteroatoms. The molecule has 2 heterocycles. The van der Waals surface area contributed by atoms with E-state index < -0.39 is 0 Å². The van der Waals surface area contributed by atoms with Crippen molar-refractivity contribution in [2.75, 3.05) is 66.2 Å². The van der Waals surface area contributed by atoms with E-state index in [2.05, 4.69) is 27.4 Å². The number of guanidine groups is 1. The topological polar surface area (TPSA) is 58.1 Å². The third kappa shape index (κ3) is 9.71. The Morgan fingerprint density at radius 1 is 1.19 bits per heavy atom. The zero-order valence-electron chi connectivity index (χ0n) is 16.7. The van der Waals surface area contributed by atoms with Crippen molar-refractivity contribution in [1.82, 2.24) is 15.5 Å². The van der Waals surface area contributed by atoms with Gasteiger partial charge in [0.1, 0.15) is 0 Å². The molecule has 0 bridgehead atoms. The first-order valence-corrected chi connectivity index (χ1v) is 10.1. The van der Waals surface area contributed by atoms with Gasteiger partial charge in [-0.1, -0.05) is 6.92 Å². The largest absolute Gasteiger partial charge is 0.381 e. The van der Waals surface area contributed by atoms with Crippen molar-refractivity contribution in [3.8, 4) is 0 Å². The Bertz CT molecular complexity index is 371. The number of rotatable bonds is 10. The maximum atomic E-state index is 5.73. The predicted octanol–water partition coefficient (Wildman–Crippen LogP) is 2.33. The number of hydrogen-bond donors (Lipinski definition) is 2. The van der Waals surface area contributed by atoms with Crippen LogP contribution in [0.4, 0.5) is 0 Å². The first-order chi connectivity index (χ1) is 12.3. The van der Waals surface area contributed by atoms with Crippen molar-refractivity contribution in [3.05, 3.63) is 0 Å². The molecule has 26 heavy (non-hydrogen) atoms. The molecule has 2 N–H and O–H groups in total. The molecule has 0 saturated carbocycles. The standard InChI is InChI=1S/C19H38N4O2.HI/c1-3-9-23-10-5-17(6-11-23)14-22-19(20-2)21-8-4-12-24-15-18-7-13-25-16-18;/h17-18H,3-16H2,1-2H3,(H2,20,21,22);1H. The van der Waals surface area contributed by atoms with E-state index in [0.29, 0.717) is 5.92 Å². The van der Waals surface area contributed by atoms with Crippen LogP contribution >= 0.6 is 24.0 Å². The van der Waals surface area contributed by atoms with E-state index in [9.17, 15) is 0 Å². The van der Waals surface area contributed by atoms with Gasteiger partial charge >= 0.3 is 0 Å². The lowest BCUT2D eigenvalue weighted by Crippen LogP contribution is -2.43. The van der Waals surface area contributed by atoms with Gasteiger partial charge in [-0.15, -0.1) is 24.0 Å². The second-order valence-electron chi connectivity index (χ2n) is 7.32. The van der Waals surface area contributed by atoms with E-state index >= 15 is 0 Å². The highest BCUT2D eigenvalue weighted by Gasteiger charge is 2.18. The minimum Gasteiger partial charge on any atom is -0.381 e. The summed E-state index contributed by atoms with van der Waals surface area (Å²) in [5.74, 6) is 2.29. The van der Waals surface area contributed by atoms with Crippen LogP contribution in [0.15, 0.2) is 4.99 Å². The van der Waals surface area contributed by atoms with E-state index in [1.54, 1.807) is 0 Å². The maximum absolute atomic E-state index is 5.73. The molecular formula is C19H39IN4O2. The highest BCUT2D eigenvalue weighted by molar-refractivity contribution is 14.0. The molecule has 0 aromatic carbocycles. The van der Waals surface area contributed by atoms with Crippen LogP contribution in [-0.2, 0) is 9.47 Å². The highest BCUT2D eigenvalue weighted by atomic mass is 127. The quantitative estimate of drug-likeness (QED) is 0.217. The van der Waals surface area contributed by atoms with E-state index in [1.165, 1.54) is 38.9 Å². The molecule has 0 aromatic rings. The van der Waals surface area contributed by atoms with E-state index in [4.69, 9.17) is 9.47 Å². The van der Waals surface area contributed by atoms with Gasteiger partial charge in [0, 0.05) is 39.3 Å². The van der Waals surface area contributed by atoms with Crippen LogP contribution in [0.3, 0.4) is 0 Å².